The van der Waals surface area contributed by atoms with Gasteiger partial charge >= 0.3 is 0 Å². The summed E-state index contributed by atoms with van der Waals surface area (Å²) >= 11 is 3.62. The zero-order valence-electron chi connectivity index (χ0n) is 22.6. The molecule has 2 heterocycles. The number of rotatable bonds is 13. The number of para-hydroxylation sites is 2. The highest BCUT2D eigenvalue weighted by Gasteiger charge is 2.26. The summed E-state index contributed by atoms with van der Waals surface area (Å²) in [5.74, 6) is 0. The molecule has 4 aromatic rings. The molecule has 2 nitrogen and oxygen atoms in total. The Hall–Kier alpha value is -1.08. The largest absolute Gasteiger partial charge is 0.228 e. The van der Waals surface area contributed by atoms with E-state index in [2.05, 4.69) is 77.9 Å². The molecule has 0 saturated heterocycles. The number of hydrogen-bond acceptors (Lipinski definition) is 6. The van der Waals surface area contributed by atoms with Gasteiger partial charge in [-0.15, -0.1) is 22.7 Å². The van der Waals surface area contributed by atoms with Crippen LogP contribution in [0.15, 0.2) is 45.1 Å². The fourth-order valence-corrected chi connectivity index (χ4v) is 9.53. The number of benzene rings is 2. The molecule has 0 amide bonds. The number of fused-ring (bicyclic) bond motifs is 2. The average molecular weight is 557 g/mol. The van der Waals surface area contributed by atoms with E-state index in [9.17, 15) is 0 Å². The first-order valence-electron chi connectivity index (χ1n) is 13.4. The lowest BCUT2D eigenvalue weighted by molar-refractivity contribution is 0.453. The van der Waals surface area contributed by atoms with Crippen LogP contribution in [0.5, 0.6) is 0 Å². The van der Waals surface area contributed by atoms with Crippen molar-refractivity contribution in [2.75, 3.05) is 0 Å². The fraction of sp³-hybridized carbons (Fsp3) is 0.533. The smallest absolute Gasteiger partial charge is 0.162 e. The van der Waals surface area contributed by atoms with Gasteiger partial charge in [-0.2, -0.15) is 0 Å². The van der Waals surface area contributed by atoms with E-state index in [0.29, 0.717) is 0 Å². The van der Waals surface area contributed by atoms with Crippen LogP contribution in [0.4, 0.5) is 0 Å². The van der Waals surface area contributed by atoms with Crippen molar-refractivity contribution in [3.63, 3.8) is 0 Å². The van der Waals surface area contributed by atoms with Crippen molar-refractivity contribution in [1.82, 2.24) is 9.97 Å². The first-order valence-corrected chi connectivity index (χ1v) is 17.2. The molecule has 0 unspecified atom stereocenters. The van der Waals surface area contributed by atoms with Crippen LogP contribution in [-0.4, -0.2) is 9.97 Å². The van der Waals surface area contributed by atoms with Crippen LogP contribution in [0.3, 0.4) is 0 Å². The van der Waals surface area contributed by atoms with E-state index < -0.39 is 0 Å². The summed E-state index contributed by atoms with van der Waals surface area (Å²) in [7, 11) is 3.52. The Labute approximate surface area is 233 Å². The van der Waals surface area contributed by atoms with Gasteiger partial charge < -0.3 is 0 Å². The lowest BCUT2D eigenvalue weighted by Gasteiger charge is -2.25. The molecule has 0 aliphatic carbocycles. The Bertz CT molecular complexity index is 1180. The molecular formula is C30H40N2S4. The predicted molar refractivity (Wildman–Crippen MR) is 165 cm³/mol. The van der Waals surface area contributed by atoms with Gasteiger partial charge in [-0.1, -0.05) is 104 Å². The minimum atomic E-state index is 0.144. The van der Waals surface area contributed by atoms with Crippen LogP contribution >= 0.6 is 44.3 Å². The van der Waals surface area contributed by atoms with Crippen LogP contribution in [0.25, 0.3) is 20.4 Å². The summed E-state index contributed by atoms with van der Waals surface area (Å²) in [5, 5.41) is 0. The fourth-order valence-electron chi connectivity index (χ4n) is 4.99. The van der Waals surface area contributed by atoms with Crippen LogP contribution in [0, 0.1) is 0 Å². The van der Waals surface area contributed by atoms with Gasteiger partial charge in [0, 0.05) is 0 Å². The number of unbranched alkanes of at least 4 members (excludes halogenated alkanes) is 4. The van der Waals surface area contributed by atoms with E-state index in [-0.39, 0.29) is 10.8 Å². The van der Waals surface area contributed by atoms with E-state index in [1.807, 2.05) is 22.7 Å². The van der Waals surface area contributed by atoms with Crippen molar-refractivity contribution in [3.8, 4) is 0 Å². The first kappa shape index (κ1) is 27.9. The maximum absolute atomic E-state index is 5.11. The molecule has 4 rings (SSSR count). The molecule has 194 valence electrons. The second kappa shape index (κ2) is 12.2. The number of aromatic nitrogens is 2. The van der Waals surface area contributed by atoms with Crippen molar-refractivity contribution < 1.29 is 0 Å². The highest BCUT2D eigenvalue weighted by atomic mass is 33.1. The Morgan fingerprint density at radius 3 is 1.44 bits per heavy atom. The Morgan fingerprint density at radius 2 is 1.06 bits per heavy atom. The van der Waals surface area contributed by atoms with E-state index >= 15 is 0 Å². The molecule has 0 atom stereocenters. The molecule has 0 aliphatic rings. The van der Waals surface area contributed by atoms with Crippen LogP contribution in [-0.2, 0) is 10.8 Å². The molecule has 6 heteroatoms. The maximum atomic E-state index is 5.11. The number of hydrogen-bond donors (Lipinski definition) is 0. The van der Waals surface area contributed by atoms with Gasteiger partial charge in [0.15, 0.2) is 8.68 Å². The number of nitrogens with zero attached hydrogens (tertiary/aromatic N) is 2. The molecule has 0 N–H and O–H groups in total. The maximum Gasteiger partial charge on any atom is 0.162 e. The SMILES string of the molecule is CCCCCC(C)(C)c1cccc2sc(SSc3nc4c(C(C)(C)CCCCC)cccc4s3)nc12. The highest BCUT2D eigenvalue weighted by molar-refractivity contribution is 8.77. The molecule has 0 fully saturated rings. The summed E-state index contributed by atoms with van der Waals surface area (Å²) in [6.45, 7) is 14.1. The van der Waals surface area contributed by atoms with Gasteiger partial charge in [0.2, 0.25) is 0 Å². The van der Waals surface area contributed by atoms with Gasteiger partial charge in [0.1, 0.15) is 0 Å². The average Bonchev–Trinajstić information content (AvgIpc) is 3.45. The predicted octanol–water partition coefficient (Wildman–Crippen LogP) is 11.4. The quantitative estimate of drug-likeness (QED) is 0.121. The molecule has 0 saturated carbocycles. The van der Waals surface area contributed by atoms with Gasteiger partial charge in [-0.05, 0) is 68.5 Å². The minimum Gasteiger partial charge on any atom is -0.228 e. The molecular weight excluding hydrogens is 517 g/mol. The zero-order valence-corrected chi connectivity index (χ0v) is 25.9. The number of thiazole rings is 2. The van der Waals surface area contributed by atoms with Gasteiger partial charge in [-0.3, -0.25) is 0 Å². The normalized spacial score (nSPS) is 12.7. The molecule has 0 bridgehead atoms. The summed E-state index contributed by atoms with van der Waals surface area (Å²) in [6, 6.07) is 13.4. The second-order valence-electron chi connectivity index (χ2n) is 11.1. The van der Waals surface area contributed by atoms with E-state index in [4.69, 9.17) is 9.97 Å². The van der Waals surface area contributed by atoms with E-state index in [1.165, 1.54) is 82.9 Å². The third-order valence-corrected chi connectivity index (χ3v) is 12.3. The summed E-state index contributed by atoms with van der Waals surface area (Å²) < 4.78 is 4.82. The Morgan fingerprint density at radius 1 is 0.639 bits per heavy atom. The molecule has 0 radical (unpaired) electrons. The summed E-state index contributed by atoms with van der Waals surface area (Å²) in [6.07, 6.45) is 10.1. The first-order chi connectivity index (χ1) is 17.2. The molecule has 2 aromatic carbocycles. The van der Waals surface area contributed by atoms with Crippen LogP contribution < -0.4 is 0 Å². The minimum absolute atomic E-state index is 0.144. The van der Waals surface area contributed by atoms with Gasteiger partial charge in [0.05, 0.1) is 20.4 Å². The Kier molecular flexibility index (Phi) is 9.46. The zero-order chi connectivity index (χ0) is 25.8. The van der Waals surface area contributed by atoms with Crippen molar-refractivity contribution in [1.29, 1.82) is 0 Å². The van der Waals surface area contributed by atoms with E-state index in [1.54, 1.807) is 21.6 Å². The molecule has 36 heavy (non-hydrogen) atoms. The van der Waals surface area contributed by atoms with Crippen molar-refractivity contribution in [3.05, 3.63) is 47.5 Å². The standard InChI is InChI=1S/C30H40N2S4/c1-7-9-11-19-29(3,4)21-15-13-17-23-25(21)31-27(33-23)35-36-28-32-26-22(16-14-18-24(26)34-28)30(5,6)20-12-10-8-2/h13-18H,7-12,19-20H2,1-6H3. The third kappa shape index (κ3) is 6.48. The van der Waals surface area contributed by atoms with Crippen molar-refractivity contribution in [2.24, 2.45) is 0 Å². The monoisotopic (exact) mass is 556 g/mol. The topological polar surface area (TPSA) is 25.8 Å². The summed E-state index contributed by atoms with van der Waals surface area (Å²) in [4.78, 5) is 10.2. The lowest BCUT2D eigenvalue weighted by atomic mass is 9.79. The van der Waals surface area contributed by atoms with Gasteiger partial charge in [0.25, 0.3) is 0 Å². The second-order valence-corrected chi connectivity index (χ2v) is 15.8. The third-order valence-electron chi connectivity index (χ3n) is 7.25. The lowest BCUT2D eigenvalue weighted by Crippen LogP contribution is -2.17. The highest BCUT2D eigenvalue weighted by Crippen LogP contribution is 2.46. The Balaban J connectivity index is 1.52. The molecule has 2 aromatic heterocycles. The van der Waals surface area contributed by atoms with Crippen molar-refractivity contribution in [2.45, 2.75) is 112 Å². The molecule has 0 spiro atoms. The van der Waals surface area contributed by atoms with Crippen LogP contribution in [0.2, 0.25) is 0 Å². The van der Waals surface area contributed by atoms with Crippen molar-refractivity contribution >= 4 is 64.7 Å². The van der Waals surface area contributed by atoms with E-state index in [0.717, 1.165) is 8.68 Å². The molecule has 0 aliphatic heterocycles. The summed E-state index contributed by atoms with van der Waals surface area (Å²) in [5.41, 5.74) is 5.44. The van der Waals surface area contributed by atoms with Gasteiger partial charge in [-0.25, -0.2) is 9.97 Å². The van der Waals surface area contributed by atoms with Crippen LogP contribution in [0.1, 0.15) is 104 Å².